The van der Waals surface area contributed by atoms with Crippen LogP contribution in [0.5, 0.6) is 28.7 Å². The highest BCUT2D eigenvalue weighted by Gasteiger charge is 2.32. The fraction of sp³-hybridized carbons (Fsp3) is 0.464. The van der Waals surface area contributed by atoms with Gasteiger partial charge in [-0.1, -0.05) is 18.7 Å². The monoisotopic (exact) mass is 592 g/mol. The van der Waals surface area contributed by atoms with Crippen LogP contribution in [-0.2, 0) is 14.6 Å². The molecule has 1 N–H and O–H groups in total. The van der Waals surface area contributed by atoms with Crippen molar-refractivity contribution < 1.29 is 36.8 Å². The first kappa shape index (κ1) is 29.9. The Morgan fingerprint density at radius 2 is 1.52 bits per heavy atom. The molecular formula is C28H36N2O8S2. The van der Waals surface area contributed by atoms with E-state index in [1.54, 1.807) is 39.8 Å². The molecule has 1 saturated heterocycles. The van der Waals surface area contributed by atoms with E-state index in [1.165, 1.54) is 18.9 Å². The number of H-pyrrole nitrogens is 1. The first-order valence-electron chi connectivity index (χ1n) is 13.0. The smallest absolute Gasteiger partial charge is 0.203 e. The summed E-state index contributed by atoms with van der Waals surface area (Å²) in [6, 6.07) is 7.24. The van der Waals surface area contributed by atoms with Crippen LogP contribution in [0, 0.1) is 0 Å². The number of aromatic amines is 1. The van der Waals surface area contributed by atoms with Crippen molar-refractivity contribution in [2.75, 3.05) is 46.6 Å². The highest BCUT2D eigenvalue weighted by molar-refractivity contribution is 7.99. The van der Waals surface area contributed by atoms with E-state index >= 15 is 0 Å². The molecule has 0 amide bonds. The maximum absolute atomic E-state index is 13.4. The molecule has 1 aromatic heterocycles. The summed E-state index contributed by atoms with van der Waals surface area (Å²) in [5, 5.41) is 0.768. The van der Waals surface area contributed by atoms with Crippen molar-refractivity contribution in [3.8, 4) is 28.7 Å². The third kappa shape index (κ3) is 6.61. The Bertz CT molecular complexity index is 1350. The molecular weight excluding hydrogens is 556 g/mol. The molecule has 2 aromatic carbocycles. The number of nitrogens with zero attached hydrogens (tertiary/aromatic N) is 1. The van der Waals surface area contributed by atoms with Crippen molar-refractivity contribution in [2.45, 2.75) is 48.4 Å². The minimum Gasteiger partial charge on any atom is -0.493 e. The van der Waals surface area contributed by atoms with E-state index in [0.717, 1.165) is 22.7 Å². The van der Waals surface area contributed by atoms with Gasteiger partial charge in [0.2, 0.25) is 5.75 Å². The second-order valence-electron chi connectivity index (χ2n) is 9.11. The number of benzene rings is 2. The van der Waals surface area contributed by atoms with Crippen LogP contribution < -0.4 is 23.7 Å². The molecule has 0 saturated carbocycles. The number of sulfone groups is 1. The molecule has 12 heteroatoms. The molecule has 4 rings (SSSR count). The van der Waals surface area contributed by atoms with Gasteiger partial charge < -0.3 is 33.4 Å². The van der Waals surface area contributed by atoms with Gasteiger partial charge in [-0.2, -0.15) is 0 Å². The van der Waals surface area contributed by atoms with Crippen LogP contribution >= 0.6 is 11.8 Å². The third-order valence-corrected chi connectivity index (χ3v) is 9.35. The van der Waals surface area contributed by atoms with Gasteiger partial charge in [0.1, 0.15) is 4.90 Å². The number of imidazole rings is 1. The topological polar surface area (TPSA) is 118 Å². The van der Waals surface area contributed by atoms with Gasteiger partial charge in [0.15, 0.2) is 38.0 Å². The van der Waals surface area contributed by atoms with Crippen LogP contribution in [0.4, 0.5) is 0 Å². The Morgan fingerprint density at radius 1 is 0.925 bits per heavy atom. The molecule has 3 aromatic rings. The Morgan fingerprint density at radius 3 is 2.05 bits per heavy atom. The summed E-state index contributed by atoms with van der Waals surface area (Å²) in [5.74, 6) is 2.76. The van der Waals surface area contributed by atoms with Crippen molar-refractivity contribution in [3.05, 3.63) is 47.8 Å². The van der Waals surface area contributed by atoms with Crippen LogP contribution in [0.1, 0.15) is 49.5 Å². The van der Waals surface area contributed by atoms with Gasteiger partial charge in [-0.25, -0.2) is 13.4 Å². The van der Waals surface area contributed by atoms with Crippen LogP contribution in [0.3, 0.4) is 0 Å². The number of aromatic nitrogens is 2. The zero-order valence-electron chi connectivity index (χ0n) is 23.4. The predicted molar refractivity (Wildman–Crippen MR) is 152 cm³/mol. The molecule has 218 valence electrons. The molecule has 1 aliphatic rings. The zero-order valence-corrected chi connectivity index (χ0v) is 25.0. The van der Waals surface area contributed by atoms with Crippen molar-refractivity contribution in [3.63, 3.8) is 0 Å². The van der Waals surface area contributed by atoms with Crippen molar-refractivity contribution in [1.29, 1.82) is 0 Å². The summed E-state index contributed by atoms with van der Waals surface area (Å²) in [7, 11) is 2.58. The molecule has 2 atom stereocenters. The standard InChI is InChI=1S/C28H36N2O8S2/c1-6-13-40(31,32)25-17-19(16-24(35-4)27(25)37-11-12-39-28-29-9-10-30-28)21-8-7-20(38-21)18-14-22(33-2)26(36-5)23(15-18)34-3/h9-10,14-17,20-21H,6-8,11-13H2,1-5H3,(H,29,30)/t20-,21?/m0/s1. The van der Waals surface area contributed by atoms with Gasteiger partial charge in [-0.3, -0.25) is 0 Å². The molecule has 0 bridgehead atoms. The number of ether oxygens (including phenoxy) is 6. The molecule has 40 heavy (non-hydrogen) atoms. The Labute approximate surface area is 239 Å². The lowest BCUT2D eigenvalue weighted by molar-refractivity contribution is 0.0435. The van der Waals surface area contributed by atoms with E-state index < -0.39 is 9.84 Å². The fourth-order valence-corrected chi connectivity index (χ4v) is 6.87. The maximum Gasteiger partial charge on any atom is 0.203 e. The SMILES string of the molecule is CCCS(=O)(=O)c1cc(C2CC[C@@H](c3cc(OC)c(OC)c(OC)c3)O2)cc(OC)c1OCCSc1ncc[nH]1. The van der Waals surface area contributed by atoms with E-state index in [4.69, 9.17) is 28.4 Å². The van der Waals surface area contributed by atoms with Gasteiger partial charge in [0.05, 0.1) is 53.0 Å². The molecule has 10 nitrogen and oxygen atoms in total. The quantitative estimate of drug-likeness (QED) is 0.193. The Balaban J connectivity index is 1.61. The number of hydrogen-bond donors (Lipinski definition) is 1. The van der Waals surface area contributed by atoms with E-state index in [-0.39, 0.29) is 35.2 Å². The first-order chi connectivity index (χ1) is 19.3. The van der Waals surface area contributed by atoms with Gasteiger partial charge in [-0.05, 0) is 54.7 Å². The Kier molecular flexibility index (Phi) is 10.1. The maximum atomic E-state index is 13.4. The van der Waals surface area contributed by atoms with E-state index in [9.17, 15) is 8.42 Å². The van der Waals surface area contributed by atoms with Crippen molar-refractivity contribution >= 4 is 21.6 Å². The summed E-state index contributed by atoms with van der Waals surface area (Å²) in [6.07, 6.45) is 4.75. The molecule has 0 aliphatic carbocycles. The number of rotatable bonds is 14. The van der Waals surface area contributed by atoms with Crippen molar-refractivity contribution in [1.82, 2.24) is 9.97 Å². The summed E-state index contributed by atoms with van der Waals surface area (Å²) in [5.41, 5.74) is 1.61. The minimum absolute atomic E-state index is 0.00327. The Hall–Kier alpha value is -3.09. The van der Waals surface area contributed by atoms with Crippen molar-refractivity contribution in [2.24, 2.45) is 0 Å². The summed E-state index contributed by atoms with van der Waals surface area (Å²) >= 11 is 1.48. The van der Waals surface area contributed by atoms with Gasteiger partial charge in [-0.15, -0.1) is 0 Å². The largest absolute Gasteiger partial charge is 0.493 e. The summed E-state index contributed by atoms with van der Waals surface area (Å²) < 4.78 is 61.3. The normalized spacial score (nSPS) is 17.0. The summed E-state index contributed by atoms with van der Waals surface area (Å²) in [4.78, 5) is 7.33. The fourth-order valence-electron chi connectivity index (χ4n) is 4.71. The number of thioether (sulfide) groups is 1. The highest BCUT2D eigenvalue weighted by atomic mass is 32.2. The molecule has 1 aliphatic heterocycles. The highest BCUT2D eigenvalue weighted by Crippen LogP contribution is 2.48. The predicted octanol–water partition coefficient (Wildman–Crippen LogP) is 5.39. The molecule has 2 heterocycles. The molecule has 1 unspecified atom stereocenters. The average Bonchev–Trinajstić information content (AvgIpc) is 3.67. The molecule has 0 spiro atoms. The van der Waals surface area contributed by atoms with Gasteiger partial charge in [0, 0.05) is 18.1 Å². The van der Waals surface area contributed by atoms with E-state index in [0.29, 0.717) is 41.6 Å². The van der Waals surface area contributed by atoms with Gasteiger partial charge >= 0.3 is 0 Å². The van der Waals surface area contributed by atoms with Crippen LogP contribution in [0.25, 0.3) is 0 Å². The number of hydrogen-bond acceptors (Lipinski definition) is 10. The van der Waals surface area contributed by atoms with Crippen LogP contribution in [0.15, 0.2) is 46.7 Å². The lowest BCUT2D eigenvalue weighted by Gasteiger charge is -2.21. The second kappa shape index (κ2) is 13.5. The van der Waals surface area contributed by atoms with E-state index in [1.807, 2.05) is 25.1 Å². The molecule has 0 radical (unpaired) electrons. The lowest BCUT2D eigenvalue weighted by Crippen LogP contribution is -2.12. The molecule has 1 fully saturated rings. The second-order valence-corrected chi connectivity index (χ2v) is 12.3. The lowest BCUT2D eigenvalue weighted by atomic mass is 10.0. The van der Waals surface area contributed by atoms with Crippen LogP contribution in [0.2, 0.25) is 0 Å². The van der Waals surface area contributed by atoms with E-state index in [2.05, 4.69) is 9.97 Å². The minimum atomic E-state index is -3.63. The zero-order chi connectivity index (χ0) is 28.7. The number of nitrogens with one attached hydrogen (secondary N) is 1. The number of methoxy groups -OCH3 is 4. The first-order valence-corrected chi connectivity index (χ1v) is 15.6. The third-order valence-electron chi connectivity index (χ3n) is 6.56. The summed E-state index contributed by atoms with van der Waals surface area (Å²) in [6.45, 7) is 2.11. The van der Waals surface area contributed by atoms with Gasteiger partial charge in [0.25, 0.3) is 0 Å². The average molecular weight is 593 g/mol. The van der Waals surface area contributed by atoms with Crippen LogP contribution in [-0.4, -0.2) is 64.9 Å².